The van der Waals surface area contributed by atoms with E-state index in [9.17, 15) is 4.79 Å². The zero-order valence-corrected chi connectivity index (χ0v) is 9.94. The molecule has 0 aromatic carbocycles. The van der Waals surface area contributed by atoms with Gasteiger partial charge in [-0.3, -0.25) is 4.98 Å². The van der Waals surface area contributed by atoms with Gasteiger partial charge in [0.05, 0.1) is 12.4 Å². The Morgan fingerprint density at radius 2 is 2.29 bits per heavy atom. The number of nitrogens with zero attached hydrogens (tertiary/aromatic N) is 2. The van der Waals surface area contributed by atoms with Crippen molar-refractivity contribution in [2.75, 3.05) is 11.9 Å². The molecule has 2 rings (SSSR count). The monoisotopic (exact) mass is 235 g/mol. The predicted molar refractivity (Wildman–Crippen MR) is 64.1 cm³/mol. The third kappa shape index (κ3) is 2.54. The first kappa shape index (κ1) is 11.8. The Balaban J connectivity index is 1.99. The van der Waals surface area contributed by atoms with Crippen molar-refractivity contribution in [2.45, 2.75) is 32.6 Å². The smallest absolute Gasteiger partial charge is 0.356 e. The second kappa shape index (κ2) is 4.69. The first-order valence-corrected chi connectivity index (χ1v) is 5.94. The SMILES string of the molecule is CCC1(CNc2cncc(C(=O)O)n2)CCC1. The summed E-state index contributed by atoms with van der Waals surface area (Å²) >= 11 is 0. The first-order valence-electron chi connectivity index (χ1n) is 5.94. The van der Waals surface area contributed by atoms with Crippen LogP contribution in [0.3, 0.4) is 0 Å². The van der Waals surface area contributed by atoms with Crippen LogP contribution in [0.4, 0.5) is 5.82 Å². The van der Waals surface area contributed by atoms with Crippen LogP contribution < -0.4 is 5.32 Å². The lowest BCUT2D eigenvalue weighted by molar-refractivity contribution is 0.0690. The molecule has 0 spiro atoms. The topological polar surface area (TPSA) is 75.1 Å². The van der Waals surface area contributed by atoms with Crippen LogP contribution in [-0.2, 0) is 0 Å². The van der Waals surface area contributed by atoms with Crippen molar-refractivity contribution in [1.29, 1.82) is 0 Å². The van der Waals surface area contributed by atoms with Crippen molar-refractivity contribution in [3.8, 4) is 0 Å². The molecule has 0 bridgehead atoms. The lowest BCUT2D eigenvalue weighted by Crippen LogP contribution is -2.36. The van der Waals surface area contributed by atoms with Crippen LogP contribution >= 0.6 is 0 Å². The number of rotatable bonds is 5. The average molecular weight is 235 g/mol. The van der Waals surface area contributed by atoms with Crippen LogP contribution in [0.15, 0.2) is 12.4 Å². The van der Waals surface area contributed by atoms with Gasteiger partial charge in [-0.05, 0) is 24.7 Å². The maximum Gasteiger partial charge on any atom is 0.356 e. The predicted octanol–water partition coefficient (Wildman–Crippen LogP) is 2.17. The highest BCUT2D eigenvalue weighted by atomic mass is 16.4. The van der Waals surface area contributed by atoms with Crippen LogP contribution in [0.25, 0.3) is 0 Å². The van der Waals surface area contributed by atoms with E-state index in [4.69, 9.17) is 5.11 Å². The second-order valence-electron chi connectivity index (χ2n) is 4.66. The Morgan fingerprint density at radius 1 is 1.53 bits per heavy atom. The van der Waals surface area contributed by atoms with Crippen LogP contribution in [-0.4, -0.2) is 27.6 Å². The maximum atomic E-state index is 10.7. The first-order chi connectivity index (χ1) is 8.15. The van der Waals surface area contributed by atoms with Gasteiger partial charge in [0.1, 0.15) is 5.82 Å². The van der Waals surface area contributed by atoms with E-state index in [0.717, 1.165) is 13.0 Å². The Bertz CT molecular complexity index is 410. The molecule has 17 heavy (non-hydrogen) atoms. The minimum Gasteiger partial charge on any atom is -0.476 e. The summed E-state index contributed by atoms with van der Waals surface area (Å²) in [5.74, 6) is -0.500. The van der Waals surface area contributed by atoms with Gasteiger partial charge in [0.25, 0.3) is 0 Å². The Kier molecular flexibility index (Phi) is 3.26. The van der Waals surface area contributed by atoms with Crippen molar-refractivity contribution in [2.24, 2.45) is 5.41 Å². The minimum atomic E-state index is -1.05. The zero-order valence-electron chi connectivity index (χ0n) is 9.94. The third-order valence-corrected chi connectivity index (χ3v) is 3.66. The number of carbonyl (C=O) groups is 1. The molecule has 5 heteroatoms. The molecule has 0 amide bonds. The van der Waals surface area contributed by atoms with Crippen LogP contribution in [0.5, 0.6) is 0 Å². The summed E-state index contributed by atoms with van der Waals surface area (Å²) < 4.78 is 0. The summed E-state index contributed by atoms with van der Waals surface area (Å²) in [5, 5.41) is 12.0. The third-order valence-electron chi connectivity index (χ3n) is 3.66. The van der Waals surface area contributed by atoms with E-state index in [1.54, 1.807) is 6.20 Å². The number of carboxylic acids is 1. The van der Waals surface area contributed by atoms with E-state index in [-0.39, 0.29) is 5.69 Å². The van der Waals surface area contributed by atoms with Crippen LogP contribution in [0.1, 0.15) is 43.1 Å². The van der Waals surface area contributed by atoms with E-state index in [1.807, 2.05) is 0 Å². The Labute approximate surface area is 100 Å². The highest BCUT2D eigenvalue weighted by Crippen LogP contribution is 2.43. The van der Waals surface area contributed by atoms with Gasteiger partial charge in [-0.15, -0.1) is 0 Å². The zero-order chi connectivity index (χ0) is 12.3. The van der Waals surface area contributed by atoms with Crippen LogP contribution in [0.2, 0.25) is 0 Å². The lowest BCUT2D eigenvalue weighted by Gasteiger charge is -2.41. The molecular weight excluding hydrogens is 218 g/mol. The molecule has 1 aromatic rings. The minimum absolute atomic E-state index is 0.0193. The van der Waals surface area contributed by atoms with Gasteiger partial charge >= 0.3 is 5.97 Å². The van der Waals surface area contributed by atoms with E-state index < -0.39 is 5.97 Å². The molecule has 5 nitrogen and oxygen atoms in total. The van der Waals surface area contributed by atoms with Gasteiger partial charge in [0, 0.05) is 6.54 Å². The summed E-state index contributed by atoms with van der Waals surface area (Å²) in [5.41, 5.74) is 0.357. The maximum absolute atomic E-state index is 10.7. The molecule has 1 saturated carbocycles. The molecule has 0 atom stereocenters. The van der Waals surface area contributed by atoms with Gasteiger partial charge in [0.2, 0.25) is 0 Å². The lowest BCUT2D eigenvalue weighted by atomic mass is 9.67. The normalized spacial score (nSPS) is 17.2. The molecule has 1 fully saturated rings. The molecule has 0 radical (unpaired) electrons. The molecule has 1 heterocycles. The van der Waals surface area contributed by atoms with Gasteiger partial charge in [-0.25, -0.2) is 9.78 Å². The van der Waals surface area contributed by atoms with Gasteiger partial charge in [0.15, 0.2) is 5.69 Å². The van der Waals surface area contributed by atoms with Gasteiger partial charge < -0.3 is 10.4 Å². The highest BCUT2D eigenvalue weighted by Gasteiger charge is 2.34. The number of hydrogen-bond acceptors (Lipinski definition) is 4. The summed E-state index contributed by atoms with van der Waals surface area (Å²) in [6.07, 6.45) is 7.73. The van der Waals surface area contributed by atoms with E-state index in [1.165, 1.54) is 25.5 Å². The van der Waals surface area contributed by atoms with Gasteiger partial charge in [-0.1, -0.05) is 13.3 Å². The summed E-state index contributed by atoms with van der Waals surface area (Å²) in [7, 11) is 0. The fraction of sp³-hybridized carbons (Fsp3) is 0.583. The quantitative estimate of drug-likeness (QED) is 0.818. The van der Waals surface area contributed by atoms with Crippen LogP contribution in [0, 0.1) is 5.41 Å². The summed E-state index contributed by atoms with van der Waals surface area (Å²) in [6, 6.07) is 0. The Morgan fingerprint density at radius 3 is 2.82 bits per heavy atom. The molecular formula is C12H17N3O2. The van der Waals surface area contributed by atoms with Crippen molar-refractivity contribution in [1.82, 2.24) is 9.97 Å². The average Bonchev–Trinajstić information content (AvgIpc) is 2.28. The van der Waals surface area contributed by atoms with Crippen molar-refractivity contribution in [3.05, 3.63) is 18.1 Å². The molecule has 1 aliphatic rings. The second-order valence-corrected chi connectivity index (χ2v) is 4.66. The Hall–Kier alpha value is -1.65. The summed E-state index contributed by atoms with van der Waals surface area (Å²) in [6.45, 7) is 3.04. The van der Waals surface area contributed by atoms with E-state index >= 15 is 0 Å². The molecule has 92 valence electrons. The molecule has 0 saturated heterocycles. The van der Waals surface area contributed by atoms with Crippen molar-refractivity contribution < 1.29 is 9.90 Å². The number of anilines is 1. The molecule has 0 unspecified atom stereocenters. The standard InChI is InChI=1S/C12H17N3O2/c1-2-12(4-3-5-12)8-14-10-7-13-6-9(15-10)11(16)17/h6-7H,2-5,8H2,1H3,(H,14,15)(H,16,17). The van der Waals surface area contributed by atoms with Crippen molar-refractivity contribution in [3.63, 3.8) is 0 Å². The fourth-order valence-electron chi connectivity index (χ4n) is 2.16. The van der Waals surface area contributed by atoms with Gasteiger partial charge in [-0.2, -0.15) is 0 Å². The van der Waals surface area contributed by atoms with E-state index in [2.05, 4.69) is 22.2 Å². The summed E-state index contributed by atoms with van der Waals surface area (Å²) in [4.78, 5) is 18.6. The number of aromatic carboxylic acids is 1. The molecule has 2 N–H and O–H groups in total. The number of carboxylic acid groups (broad SMARTS) is 1. The molecule has 0 aliphatic heterocycles. The van der Waals surface area contributed by atoms with E-state index in [0.29, 0.717) is 11.2 Å². The molecule has 1 aliphatic carbocycles. The number of hydrogen-bond donors (Lipinski definition) is 2. The van der Waals surface area contributed by atoms with Crippen molar-refractivity contribution >= 4 is 11.8 Å². The highest BCUT2D eigenvalue weighted by molar-refractivity contribution is 5.85. The number of nitrogens with one attached hydrogen (secondary N) is 1. The molecule has 1 aromatic heterocycles. The number of aromatic nitrogens is 2. The fourth-order valence-corrected chi connectivity index (χ4v) is 2.16. The largest absolute Gasteiger partial charge is 0.476 e.